The molecule has 0 bridgehead atoms. The molecular formula is C11H18N4O2. The van der Waals surface area contributed by atoms with E-state index in [1.165, 1.54) is 7.11 Å². The second-order valence-electron chi connectivity index (χ2n) is 3.89. The van der Waals surface area contributed by atoms with E-state index in [0.29, 0.717) is 18.1 Å². The molecule has 0 spiro atoms. The molecule has 0 saturated carbocycles. The number of carbonyl (C=O) groups excluding carboxylic acids is 1. The number of nitrogens with two attached hydrogens (primary N) is 1. The van der Waals surface area contributed by atoms with E-state index in [1.54, 1.807) is 17.0 Å². The van der Waals surface area contributed by atoms with Crippen LogP contribution in [-0.4, -0.2) is 40.7 Å². The number of methoxy groups -OCH3 is 1. The van der Waals surface area contributed by atoms with E-state index in [4.69, 9.17) is 10.5 Å². The SMILES string of the molecule is COc1ccc(CN(C(=O)CN)C(C)C)nn1. The second kappa shape index (κ2) is 6.15. The van der Waals surface area contributed by atoms with Crippen LogP contribution >= 0.6 is 0 Å². The van der Waals surface area contributed by atoms with Gasteiger partial charge in [-0.2, -0.15) is 5.10 Å². The van der Waals surface area contributed by atoms with Gasteiger partial charge in [-0.15, -0.1) is 5.10 Å². The van der Waals surface area contributed by atoms with E-state index < -0.39 is 0 Å². The maximum absolute atomic E-state index is 11.6. The van der Waals surface area contributed by atoms with Gasteiger partial charge in [0.05, 0.1) is 25.9 Å². The van der Waals surface area contributed by atoms with Gasteiger partial charge in [-0.3, -0.25) is 4.79 Å². The summed E-state index contributed by atoms with van der Waals surface area (Å²) < 4.78 is 4.92. The van der Waals surface area contributed by atoms with Gasteiger partial charge in [0.2, 0.25) is 11.8 Å². The quantitative estimate of drug-likeness (QED) is 0.791. The summed E-state index contributed by atoms with van der Waals surface area (Å²) in [5, 5.41) is 7.83. The van der Waals surface area contributed by atoms with Crippen molar-refractivity contribution < 1.29 is 9.53 Å². The minimum absolute atomic E-state index is 0.00175. The Kier molecular flexibility index (Phi) is 4.84. The Morgan fingerprint density at radius 3 is 2.59 bits per heavy atom. The van der Waals surface area contributed by atoms with Crippen molar-refractivity contribution in [1.29, 1.82) is 0 Å². The first-order chi connectivity index (χ1) is 8.08. The van der Waals surface area contributed by atoms with Crippen LogP contribution in [0.5, 0.6) is 5.88 Å². The van der Waals surface area contributed by atoms with Crippen molar-refractivity contribution >= 4 is 5.91 Å². The molecule has 0 radical (unpaired) electrons. The van der Waals surface area contributed by atoms with Crippen LogP contribution in [0.1, 0.15) is 19.5 Å². The Morgan fingerprint density at radius 2 is 2.18 bits per heavy atom. The fourth-order valence-electron chi connectivity index (χ4n) is 1.39. The van der Waals surface area contributed by atoms with Crippen LogP contribution in [0.3, 0.4) is 0 Å². The fourth-order valence-corrected chi connectivity index (χ4v) is 1.39. The zero-order valence-corrected chi connectivity index (χ0v) is 10.4. The molecule has 0 fully saturated rings. The van der Waals surface area contributed by atoms with Gasteiger partial charge in [-0.05, 0) is 19.9 Å². The topological polar surface area (TPSA) is 81.3 Å². The molecule has 0 aliphatic carbocycles. The largest absolute Gasteiger partial charge is 0.480 e. The van der Waals surface area contributed by atoms with Crippen LogP contribution in [0.2, 0.25) is 0 Å². The molecule has 17 heavy (non-hydrogen) atoms. The summed E-state index contributed by atoms with van der Waals surface area (Å²) in [6, 6.07) is 3.58. The fraction of sp³-hybridized carbons (Fsp3) is 0.545. The number of hydrogen-bond donors (Lipinski definition) is 1. The summed E-state index contributed by atoms with van der Waals surface area (Å²) in [6.45, 7) is 4.28. The summed E-state index contributed by atoms with van der Waals surface area (Å²) in [5.41, 5.74) is 6.07. The van der Waals surface area contributed by atoms with Crippen molar-refractivity contribution in [2.24, 2.45) is 5.73 Å². The number of ether oxygens (including phenoxy) is 1. The summed E-state index contributed by atoms with van der Waals surface area (Å²) in [6.07, 6.45) is 0. The van der Waals surface area contributed by atoms with Gasteiger partial charge in [0, 0.05) is 12.1 Å². The number of carbonyl (C=O) groups is 1. The maximum Gasteiger partial charge on any atom is 0.236 e. The van der Waals surface area contributed by atoms with Crippen molar-refractivity contribution in [3.05, 3.63) is 17.8 Å². The van der Waals surface area contributed by atoms with Crippen molar-refractivity contribution in [1.82, 2.24) is 15.1 Å². The minimum atomic E-state index is -0.0994. The number of hydrogen-bond acceptors (Lipinski definition) is 5. The summed E-state index contributed by atoms with van der Waals surface area (Å²) >= 11 is 0. The minimum Gasteiger partial charge on any atom is -0.480 e. The number of nitrogens with zero attached hydrogens (tertiary/aromatic N) is 3. The van der Waals surface area contributed by atoms with Gasteiger partial charge in [0.25, 0.3) is 0 Å². The molecule has 0 aromatic carbocycles. The smallest absolute Gasteiger partial charge is 0.236 e. The highest BCUT2D eigenvalue weighted by molar-refractivity contribution is 5.78. The van der Waals surface area contributed by atoms with Crippen molar-refractivity contribution in [3.8, 4) is 5.88 Å². The third-order valence-corrected chi connectivity index (χ3v) is 2.36. The summed E-state index contributed by atoms with van der Waals surface area (Å²) in [7, 11) is 1.53. The third-order valence-electron chi connectivity index (χ3n) is 2.36. The first-order valence-corrected chi connectivity index (χ1v) is 5.44. The van der Waals surface area contributed by atoms with Gasteiger partial charge < -0.3 is 15.4 Å². The van der Waals surface area contributed by atoms with Crippen LogP contribution in [0, 0.1) is 0 Å². The summed E-state index contributed by atoms with van der Waals surface area (Å²) in [4.78, 5) is 13.3. The first-order valence-electron chi connectivity index (χ1n) is 5.44. The zero-order chi connectivity index (χ0) is 12.8. The summed E-state index contributed by atoms with van der Waals surface area (Å²) in [5.74, 6) is 0.354. The van der Waals surface area contributed by atoms with Gasteiger partial charge >= 0.3 is 0 Å². The van der Waals surface area contributed by atoms with Crippen LogP contribution in [0.15, 0.2) is 12.1 Å². The first kappa shape index (κ1) is 13.4. The predicted octanol–water partition coefficient (Wildman–Crippen LogP) is 0.181. The molecule has 6 nitrogen and oxygen atoms in total. The molecule has 94 valence electrons. The Bertz CT molecular complexity index is 364. The molecule has 1 aromatic rings. The Hall–Kier alpha value is -1.69. The highest BCUT2D eigenvalue weighted by atomic mass is 16.5. The van der Waals surface area contributed by atoms with Gasteiger partial charge in [0.15, 0.2) is 0 Å². The molecule has 0 saturated heterocycles. The van der Waals surface area contributed by atoms with Crippen LogP contribution in [0.4, 0.5) is 0 Å². The average molecular weight is 238 g/mol. The zero-order valence-electron chi connectivity index (χ0n) is 10.4. The van der Waals surface area contributed by atoms with E-state index in [2.05, 4.69) is 10.2 Å². The molecule has 2 N–H and O–H groups in total. The molecule has 0 unspecified atom stereocenters. The molecule has 1 amide bonds. The Morgan fingerprint density at radius 1 is 1.47 bits per heavy atom. The third kappa shape index (κ3) is 3.67. The number of aromatic nitrogens is 2. The van der Waals surface area contributed by atoms with Crippen molar-refractivity contribution in [2.75, 3.05) is 13.7 Å². The molecular weight excluding hydrogens is 220 g/mol. The molecule has 1 aromatic heterocycles. The van der Waals surface area contributed by atoms with Gasteiger partial charge in [0.1, 0.15) is 0 Å². The lowest BCUT2D eigenvalue weighted by Crippen LogP contribution is -2.40. The van der Waals surface area contributed by atoms with Crippen LogP contribution < -0.4 is 10.5 Å². The van der Waals surface area contributed by atoms with Crippen molar-refractivity contribution in [2.45, 2.75) is 26.4 Å². The van der Waals surface area contributed by atoms with Crippen LogP contribution in [0.25, 0.3) is 0 Å². The molecule has 0 aliphatic rings. The van der Waals surface area contributed by atoms with E-state index in [0.717, 1.165) is 0 Å². The lowest BCUT2D eigenvalue weighted by molar-refractivity contribution is -0.132. The van der Waals surface area contributed by atoms with E-state index >= 15 is 0 Å². The molecule has 1 rings (SSSR count). The monoisotopic (exact) mass is 238 g/mol. The second-order valence-corrected chi connectivity index (χ2v) is 3.89. The van der Waals surface area contributed by atoms with Gasteiger partial charge in [-0.1, -0.05) is 0 Å². The van der Waals surface area contributed by atoms with Crippen LogP contribution in [-0.2, 0) is 11.3 Å². The Labute approximate surface area is 101 Å². The highest BCUT2D eigenvalue weighted by Gasteiger charge is 2.16. The van der Waals surface area contributed by atoms with E-state index in [-0.39, 0.29) is 18.5 Å². The molecule has 0 atom stereocenters. The van der Waals surface area contributed by atoms with Crippen molar-refractivity contribution in [3.63, 3.8) is 0 Å². The van der Waals surface area contributed by atoms with E-state index in [9.17, 15) is 4.79 Å². The number of amides is 1. The number of rotatable bonds is 5. The average Bonchev–Trinajstić information content (AvgIpc) is 2.35. The molecule has 0 aliphatic heterocycles. The molecule has 6 heteroatoms. The van der Waals surface area contributed by atoms with Gasteiger partial charge in [-0.25, -0.2) is 0 Å². The lowest BCUT2D eigenvalue weighted by Gasteiger charge is -2.25. The van der Waals surface area contributed by atoms with E-state index in [1.807, 2.05) is 13.8 Å². The maximum atomic E-state index is 11.6. The normalized spacial score (nSPS) is 10.4. The predicted molar refractivity (Wildman–Crippen MR) is 63.3 cm³/mol. The Balaban J connectivity index is 2.75. The molecule has 1 heterocycles. The highest BCUT2D eigenvalue weighted by Crippen LogP contribution is 2.08. The standard InChI is InChI=1S/C11H18N4O2/c1-8(2)15(11(16)6-12)7-9-4-5-10(17-3)14-13-9/h4-5,8H,6-7,12H2,1-3H3. The lowest BCUT2D eigenvalue weighted by atomic mass is 10.2.